The number of anilines is 1. The van der Waals surface area contributed by atoms with E-state index in [-0.39, 0.29) is 28.6 Å². The van der Waals surface area contributed by atoms with Crippen molar-refractivity contribution in [2.45, 2.75) is 44.4 Å². The molecule has 2 N–H and O–H groups in total. The minimum Gasteiger partial charge on any atom is -0.464 e. The molecule has 2 aromatic rings. The number of aromatic nitrogens is 1. The standard InChI is InChI=1S/C24H25N3O6S/c1-23(2,3)33-22(30)26-19-17(20(28)32-5)25-18(34-19)14-8-6-7-13(11-14)9-10-24(31)15-12-16(15)27(4)21(24)29/h6-8,11,15-16,31H,12H2,1-5H3,(H,26,30). The van der Waals surface area contributed by atoms with Gasteiger partial charge in [-0.3, -0.25) is 10.1 Å². The number of carbonyl (C=O) groups excluding carboxylic acids is 3. The smallest absolute Gasteiger partial charge is 0.412 e. The third kappa shape index (κ3) is 4.49. The molecule has 0 bridgehead atoms. The van der Waals surface area contributed by atoms with Crippen molar-refractivity contribution in [1.82, 2.24) is 9.88 Å². The zero-order valence-corrected chi connectivity index (χ0v) is 20.3. The summed E-state index contributed by atoms with van der Waals surface area (Å²) in [4.78, 5) is 42.7. The van der Waals surface area contributed by atoms with Crippen LogP contribution in [0.15, 0.2) is 24.3 Å². The van der Waals surface area contributed by atoms with Crippen LogP contribution >= 0.6 is 11.3 Å². The maximum atomic E-state index is 12.4. The van der Waals surface area contributed by atoms with Crippen molar-refractivity contribution in [3.63, 3.8) is 0 Å². The van der Waals surface area contributed by atoms with E-state index >= 15 is 0 Å². The molecule has 1 aliphatic heterocycles. The molecule has 3 unspecified atom stereocenters. The van der Waals surface area contributed by atoms with Crippen LogP contribution in [-0.4, -0.2) is 64.4 Å². The number of thiazole rings is 1. The van der Waals surface area contributed by atoms with Crippen LogP contribution in [0.4, 0.5) is 9.80 Å². The molecule has 0 spiro atoms. The van der Waals surface area contributed by atoms with E-state index in [1.165, 1.54) is 7.11 Å². The summed E-state index contributed by atoms with van der Waals surface area (Å²) in [7, 11) is 2.91. The molecule has 1 aliphatic carbocycles. The Morgan fingerprint density at radius 2 is 2.09 bits per heavy atom. The number of amides is 2. The highest BCUT2D eigenvalue weighted by Gasteiger charge is 2.66. The molecule has 178 valence electrons. The molecule has 2 aliphatic rings. The lowest BCUT2D eigenvalue weighted by Gasteiger charge is -2.19. The first-order valence-corrected chi connectivity index (χ1v) is 11.5. The van der Waals surface area contributed by atoms with E-state index in [0.717, 1.165) is 17.8 Å². The van der Waals surface area contributed by atoms with Crippen LogP contribution in [0.25, 0.3) is 10.6 Å². The molecule has 4 rings (SSSR count). The van der Waals surface area contributed by atoms with Crippen molar-refractivity contribution in [2.75, 3.05) is 19.5 Å². The van der Waals surface area contributed by atoms with Crippen LogP contribution in [0.5, 0.6) is 0 Å². The first-order valence-electron chi connectivity index (χ1n) is 10.7. The number of carbonyl (C=O) groups is 3. The predicted molar refractivity (Wildman–Crippen MR) is 125 cm³/mol. The van der Waals surface area contributed by atoms with E-state index < -0.39 is 23.3 Å². The highest BCUT2D eigenvalue weighted by atomic mass is 32.1. The van der Waals surface area contributed by atoms with Gasteiger partial charge in [-0.1, -0.05) is 35.3 Å². The Hall–Kier alpha value is -3.42. The number of nitrogens with one attached hydrogen (secondary N) is 1. The second-order valence-corrected chi connectivity index (χ2v) is 10.2. The molecular weight excluding hydrogens is 458 g/mol. The number of likely N-dealkylation sites (N-methyl/N-ethyl adjacent to an activating group) is 1. The molecule has 3 atom stereocenters. The molecule has 2 fully saturated rings. The number of hydrogen-bond acceptors (Lipinski definition) is 8. The number of fused-ring (bicyclic) bond motifs is 1. The van der Waals surface area contributed by atoms with Gasteiger partial charge in [0.2, 0.25) is 5.60 Å². The van der Waals surface area contributed by atoms with E-state index in [4.69, 9.17) is 9.47 Å². The number of hydrogen-bond donors (Lipinski definition) is 2. The fourth-order valence-electron chi connectivity index (χ4n) is 3.84. The van der Waals surface area contributed by atoms with E-state index in [9.17, 15) is 19.5 Å². The summed E-state index contributed by atoms with van der Waals surface area (Å²) in [6.07, 6.45) is 0.0290. The average Bonchev–Trinajstić information content (AvgIpc) is 3.44. The van der Waals surface area contributed by atoms with Gasteiger partial charge in [0.15, 0.2) is 5.69 Å². The average molecular weight is 484 g/mol. The van der Waals surface area contributed by atoms with Gasteiger partial charge in [0.25, 0.3) is 5.91 Å². The largest absolute Gasteiger partial charge is 0.464 e. The van der Waals surface area contributed by atoms with Crippen LogP contribution in [0.1, 0.15) is 43.2 Å². The van der Waals surface area contributed by atoms with E-state index in [1.54, 1.807) is 57.0 Å². The Morgan fingerprint density at radius 1 is 1.35 bits per heavy atom. The third-order valence-electron chi connectivity index (χ3n) is 5.56. The number of piperidine rings is 1. The lowest BCUT2D eigenvalue weighted by atomic mass is 9.99. The number of likely N-dealkylation sites (tertiary alicyclic amines) is 1. The summed E-state index contributed by atoms with van der Waals surface area (Å²) in [5.41, 5.74) is -1.21. The van der Waals surface area contributed by atoms with Gasteiger partial charge in [0.05, 0.1) is 7.11 Å². The predicted octanol–water partition coefficient (Wildman–Crippen LogP) is 2.89. The molecule has 1 aromatic heterocycles. The fraction of sp³-hybridized carbons (Fsp3) is 0.417. The van der Waals surface area contributed by atoms with Crippen LogP contribution in [0, 0.1) is 17.8 Å². The molecule has 34 heavy (non-hydrogen) atoms. The minimum atomic E-state index is -1.67. The van der Waals surface area contributed by atoms with Crippen LogP contribution < -0.4 is 5.32 Å². The Morgan fingerprint density at radius 3 is 2.71 bits per heavy atom. The number of benzene rings is 1. The third-order valence-corrected chi connectivity index (χ3v) is 6.58. The van der Waals surface area contributed by atoms with Gasteiger partial charge in [0, 0.05) is 30.1 Å². The second kappa shape index (κ2) is 8.42. The van der Waals surface area contributed by atoms with Crippen molar-refractivity contribution >= 4 is 34.3 Å². The molecular formula is C24H25N3O6S. The Labute approximate surface area is 201 Å². The topological polar surface area (TPSA) is 118 Å². The molecule has 1 aromatic carbocycles. The first kappa shape index (κ1) is 23.7. The van der Waals surface area contributed by atoms with Crippen molar-refractivity contribution in [2.24, 2.45) is 5.92 Å². The molecule has 10 heteroatoms. The monoisotopic (exact) mass is 483 g/mol. The van der Waals surface area contributed by atoms with Gasteiger partial charge in [-0.05, 0) is 39.3 Å². The Bertz CT molecular complexity index is 1240. The van der Waals surface area contributed by atoms with Gasteiger partial charge in [-0.2, -0.15) is 0 Å². The van der Waals surface area contributed by atoms with Crippen LogP contribution in [0.3, 0.4) is 0 Å². The van der Waals surface area contributed by atoms with Crippen molar-refractivity contribution < 1.29 is 29.0 Å². The molecule has 2 amide bonds. The lowest BCUT2D eigenvalue weighted by Crippen LogP contribution is -2.41. The van der Waals surface area contributed by atoms with E-state index in [1.807, 2.05) is 0 Å². The van der Waals surface area contributed by atoms with Crippen LogP contribution in [-0.2, 0) is 14.3 Å². The molecule has 1 saturated carbocycles. The summed E-state index contributed by atoms with van der Waals surface area (Å²) in [5, 5.41) is 14.0. The zero-order valence-electron chi connectivity index (χ0n) is 19.5. The minimum absolute atomic E-state index is 0.0430. The SMILES string of the molecule is COC(=O)c1nc(-c2cccc(C#CC3(O)C(=O)N(C)C4CC43)c2)sc1NC(=O)OC(C)(C)C. The van der Waals surface area contributed by atoms with Gasteiger partial charge in [-0.25, -0.2) is 14.6 Å². The Kier molecular flexibility index (Phi) is 5.87. The van der Waals surface area contributed by atoms with Gasteiger partial charge in [-0.15, -0.1) is 0 Å². The van der Waals surface area contributed by atoms with E-state index in [2.05, 4.69) is 22.1 Å². The first-order chi connectivity index (χ1) is 15.9. The number of rotatable bonds is 3. The zero-order chi connectivity index (χ0) is 24.8. The number of ether oxygens (including phenoxy) is 2. The quantitative estimate of drug-likeness (QED) is 0.509. The summed E-state index contributed by atoms with van der Waals surface area (Å²) < 4.78 is 10.1. The van der Waals surface area contributed by atoms with Crippen molar-refractivity contribution in [3.8, 4) is 22.4 Å². The van der Waals surface area contributed by atoms with Crippen molar-refractivity contribution in [1.29, 1.82) is 0 Å². The summed E-state index contributed by atoms with van der Waals surface area (Å²) >= 11 is 1.09. The summed E-state index contributed by atoms with van der Waals surface area (Å²) in [5.74, 6) is 4.43. The number of aliphatic hydroxyl groups is 1. The Balaban J connectivity index is 1.61. The second-order valence-electron chi connectivity index (χ2n) is 9.24. The van der Waals surface area contributed by atoms with E-state index in [0.29, 0.717) is 16.1 Å². The summed E-state index contributed by atoms with van der Waals surface area (Å²) in [6, 6.07) is 7.08. The highest BCUT2D eigenvalue weighted by Crippen LogP contribution is 2.50. The summed E-state index contributed by atoms with van der Waals surface area (Å²) in [6.45, 7) is 5.19. The van der Waals surface area contributed by atoms with Gasteiger partial charge < -0.3 is 19.5 Å². The fourth-order valence-corrected chi connectivity index (χ4v) is 4.78. The van der Waals surface area contributed by atoms with Crippen molar-refractivity contribution in [3.05, 3.63) is 35.5 Å². The molecule has 2 heterocycles. The van der Waals surface area contributed by atoms with Crippen LogP contribution in [0.2, 0.25) is 0 Å². The number of nitrogens with zero attached hydrogens (tertiary/aromatic N) is 2. The number of esters is 1. The maximum Gasteiger partial charge on any atom is 0.412 e. The molecule has 9 nitrogen and oxygen atoms in total. The van der Waals surface area contributed by atoms with Gasteiger partial charge >= 0.3 is 12.1 Å². The molecule has 0 radical (unpaired) electrons. The normalized spacial score (nSPS) is 23.0. The highest BCUT2D eigenvalue weighted by molar-refractivity contribution is 7.19. The maximum absolute atomic E-state index is 12.4. The van der Waals surface area contributed by atoms with Gasteiger partial charge in [0.1, 0.15) is 15.6 Å². The number of methoxy groups -OCH3 is 1. The lowest BCUT2D eigenvalue weighted by molar-refractivity contribution is -0.140. The molecule has 1 saturated heterocycles.